The maximum absolute atomic E-state index is 14.3. The molecule has 1 amide bonds. The molecule has 4 rings (SSSR count). The third-order valence-electron chi connectivity index (χ3n) is 6.31. The summed E-state index contributed by atoms with van der Waals surface area (Å²) in [5, 5.41) is 3.04. The highest BCUT2D eigenvalue weighted by atomic mass is 19.1. The highest BCUT2D eigenvalue weighted by molar-refractivity contribution is 5.84. The number of halogens is 1. The fraction of sp³-hybridized carbons (Fsp3) is 0.296. The SMILES string of the molecule is C=CCNC(=O)[C@]1(Cc2ccccc2-c2cncnc2)CCCN(Cc2ccccc2F)C1. The molecular weight excluding hydrogens is 415 g/mol. The van der Waals surface area contributed by atoms with Gasteiger partial charge in [-0.25, -0.2) is 14.4 Å². The first-order chi connectivity index (χ1) is 16.1. The summed E-state index contributed by atoms with van der Waals surface area (Å²) in [4.78, 5) is 24.0. The molecule has 5 nitrogen and oxygen atoms in total. The van der Waals surface area contributed by atoms with Gasteiger partial charge in [-0.3, -0.25) is 9.69 Å². The average Bonchev–Trinajstić information content (AvgIpc) is 2.85. The molecule has 0 radical (unpaired) electrons. The molecule has 1 N–H and O–H groups in total. The Morgan fingerprint density at radius 1 is 1.12 bits per heavy atom. The molecule has 0 aliphatic carbocycles. The number of amides is 1. The number of likely N-dealkylation sites (tertiary alicyclic amines) is 1. The molecule has 1 atom stereocenters. The van der Waals surface area contributed by atoms with Crippen molar-refractivity contribution in [3.8, 4) is 11.1 Å². The van der Waals surface area contributed by atoms with Gasteiger partial charge >= 0.3 is 0 Å². The minimum Gasteiger partial charge on any atom is -0.352 e. The van der Waals surface area contributed by atoms with Crippen molar-refractivity contribution in [2.45, 2.75) is 25.8 Å². The normalized spacial score (nSPS) is 18.6. The summed E-state index contributed by atoms with van der Waals surface area (Å²) in [5.74, 6) is -0.195. The zero-order valence-electron chi connectivity index (χ0n) is 18.7. The van der Waals surface area contributed by atoms with Gasteiger partial charge in [-0.2, -0.15) is 0 Å². The Morgan fingerprint density at radius 2 is 1.85 bits per heavy atom. The topological polar surface area (TPSA) is 58.1 Å². The lowest BCUT2D eigenvalue weighted by Gasteiger charge is -2.42. The van der Waals surface area contributed by atoms with Crippen LogP contribution in [0.25, 0.3) is 11.1 Å². The number of nitrogens with zero attached hydrogens (tertiary/aromatic N) is 3. The lowest BCUT2D eigenvalue weighted by Crippen LogP contribution is -2.53. The highest BCUT2D eigenvalue weighted by Gasteiger charge is 2.42. The van der Waals surface area contributed by atoms with Gasteiger partial charge in [-0.1, -0.05) is 48.5 Å². The summed E-state index contributed by atoms with van der Waals surface area (Å²) in [6.07, 6.45) is 9.01. The van der Waals surface area contributed by atoms with Crippen LogP contribution in [0.5, 0.6) is 0 Å². The number of hydrogen-bond donors (Lipinski definition) is 1. The van der Waals surface area contributed by atoms with E-state index in [9.17, 15) is 9.18 Å². The summed E-state index contributed by atoms with van der Waals surface area (Å²) in [6.45, 7) is 6.03. The summed E-state index contributed by atoms with van der Waals surface area (Å²) in [6, 6.07) is 15.0. The molecule has 170 valence electrons. The Morgan fingerprint density at radius 3 is 2.61 bits per heavy atom. The first-order valence-electron chi connectivity index (χ1n) is 11.3. The molecule has 1 saturated heterocycles. The van der Waals surface area contributed by atoms with Crippen LogP contribution in [0.2, 0.25) is 0 Å². The fourth-order valence-electron chi connectivity index (χ4n) is 4.75. The van der Waals surface area contributed by atoms with Crippen LogP contribution in [0, 0.1) is 11.2 Å². The molecule has 2 heterocycles. The number of carbonyl (C=O) groups is 1. The van der Waals surface area contributed by atoms with Gasteiger partial charge in [-0.15, -0.1) is 6.58 Å². The number of rotatable bonds is 8. The molecule has 0 unspecified atom stereocenters. The zero-order chi connectivity index (χ0) is 23.1. The van der Waals surface area contributed by atoms with E-state index in [0.717, 1.165) is 36.1 Å². The lowest BCUT2D eigenvalue weighted by molar-refractivity contribution is -0.134. The second kappa shape index (κ2) is 10.5. The highest BCUT2D eigenvalue weighted by Crippen LogP contribution is 2.37. The predicted molar refractivity (Wildman–Crippen MR) is 128 cm³/mol. The number of hydrogen-bond acceptors (Lipinski definition) is 4. The van der Waals surface area contributed by atoms with Crippen LogP contribution < -0.4 is 5.32 Å². The van der Waals surface area contributed by atoms with Crippen LogP contribution in [0.3, 0.4) is 0 Å². The molecule has 0 bridgehead atoms. The van der Waals surface area contributed by atoms with Gasteiger partial charge in [0.1, 0.15) is 12.1 Å². The molecule has 2 aromatic carbocycles. The van der Waals surface area contributed by atoms with Crippen molar-refractivity contribution in [1.29, 1.82) is 0 Å². The molecule has 3 aromatic rings. The summed E-state index contributed by atoms with van der Waals surface area (Å²) in [5.41, 5.74) is 3.06. The predicted octanol–water partition coefficient (Wildman–Crippen LogP) is 4.41. The average molecular weight is 445 g/mol. The van der Waals surface area contributed by atoms with E-state index in [1.165, 1.54) is 12.4 Å². The van der Waals surface area contributed by atoms with E-state index in [-0.39, 0.29) is 11.7 Å². The maximum atomic E-state index is 14.3. The van der Waals surface area contributed by atoms with Crippen LogP contribution in [-0.2, 0) is 17.8 Å². The zero-order valence-corrected chi connectivity index (χ0v) is 18.7. The third-order valence-corrected chi connectivity index (χ3v) is 6.31. The van der Waals surface area contributed by atoms with Crippen molar-refractivity contribution in [3.05, 3.63) is 96.9 Å². The van der Waals surface area contributed by atoms with Crippen LogP contribution in [0.15, 0.2) is 79.9 Å². The number of carbonyl (C=O) groups excluding carboxylic acids is 1. The quantitative estimate of drug-likeness (QED) is 0.523. The number of benzene rings is 2. The van der Waals surface area contributed by atoms with E-state index in [1.54, 1.807) is 24.5 Å². The minimum atomic E-state index is -0.627. The molecule has 0 spiro atoms. The summed E-state index contributed by atoms with van der Waals surface area (Å²) >= 11 is 0. The van der Waals surface area contributed by atoms with Gasteiger partial charge in [-0.05, 0) is 43.0 Å². The van der Waals surface area contributed by atoms with Crippen LogP contribution in [0.4, 0.5) is 4.39 Å². The molecular formula is C27H29FN4O. The lowest BCUT2D eigenvalue weighted by atomic mass is 9.73. The fourth-order valence-corrected chi connectivity index (χ4v) is 4.75. The number of nitrogens with one attached hydrogen (secondary N) is 1. The summed E-state index contributed by atoms with van der Waals surface area (Å²) < 4.78 is 14.3. The molecule has 1 aliphatic heterocycles. The molecule has 6 heteroatoms. The Labute approximate surface area is 194 Å². The number of piperidine rings is 1. The summed E-state index contributed by atoms with van der Waals surface area (Å²) in [7, 11) is 0. The van der Waals surface area contributed by atoms with Gasteiger partial charge in [0.15, 0.2) is 0 Å². The van der Waals surface area contributed by atoms with E-state index >= 15 is 0 Å². The molecule has 1 aliphatic rings. The van der Waals surface area contributed by atoms with Crippen molar-refractivity contribution in [2.24, 2.45) is 5.41 Å². The Hall–Kier alpha value is -3.38. The van der Waals surface area contributed by atoms with Crippen LogP contribution >= 0.6 is 0 Å². The number of aromatic nitrogens is 2. The largest absolute Gasteiger partial charge is 0.352 e. The minimum absolute atomic E-state index is 0.0137. The first kappa shape index (κ1) is 22.8. The van der Waals surface area contributed by atoms with Crippen LogP contribution in [0.1, 0.15) is 24.0 Å². The monoisotopic (exact) mass is 444 g/mol. The van der Waals surface area contributed by atoms with Gasteiger partial charge in [0.05, 0.1) is 5.41 Å². The first-order valence-corrected chi connectivity index (χ1v) is 11.3. The van der Waals surface area contributed by atoms with E-state index in [2.05, 4.69) is 32.8 Å². The maximum Gasteiger partial charge on any atom is 0.228 e. The van der Waals surface area contributed by atoms with Gasteiger partial charge in [0, 0.05) is 43.2 Å². The standard InChI is InChI=1S/C27H29FN4O/c1-2-13-31-26(33)27(12-7-14-32(19-27)18-22-9-4-6-11-25(22)28)15-21-8-3-5-10-24(21)23-16-29-20-30-17-23/h2-6,8-11,16-17,20H,1,7,12-15,18-19H2,(H,31,33)/t27-/m0/s1. The van der Waals surface area contributed by atoms with Gasteiger partial charge < -0.3 is 5.32 Å². The molecule has 1 fully saturated rings. The van der Waals surface area contributed by atoms with Crippen molar-refractivity contribution in [3.63, 3.8) is 0 Å². The van der Waals surface area contributed by atoms with E-state index < -0.39 is 5.41 Å². The molecule has 1 aromatic heterocycles. The van der Waals surface area contributed by atoms with Gasteiger partial charge in [0.2, 0.25) is 5.91 Å². The molecule has 0 saturated carbocycles. The second-order valence-corrected chi connectivity index (χ2v) is 8.65. The van der Waals surface area contributed by atoms with E-state index in [1.807, 2.05) is 30.3 Å². The van der Waals surface area contributed by atoms with Crippen molar-refractivity contribution in [2.75, 3.05) is 19.6 Å². The van der Waals surface area contributed by atoms with Crippen molar-refractivity contribution >= 4 is 5.91 Å². The van der Waals surface area contributed by atoms with E-state index in [0.29, 0.717) is 31.6 Å². The Bertz CT molecular complexity index is 1100. The second-order valence-electron chi connectivity index (χ2n) is 8.65. The van der Waals surface area contributed by atoms with Gasteiger partial charge in [0.25, 0.3) is 0 Å². The van der Waals surface area contributed by atoms with Crippen molar-refractivity contribution in [1.82, 2.24) is 20.2 Å². The Balaban J connectivity index is 1.65. The Kier molecular flexibility index (Phi) is 7.25. The molecule has 33 heavy (non-hydrogen) atoms. The smallest absolute Gasteiger partial charge is 0.228 e. The van der Waals surface area contributed by atoms with Crippen molar-refractivity contribution < 1.29 is 9.18 Å². The van der Waals surface area contributed by atoms with Crippen LogP contribution in [-0.4, -0.2) is 40.4 Å². The van der Waals surface area contributed by atoms with E-state index in [4.69, 9.17) is 0 Å². The third kappa shape index (κ3) is 5.34.